The summed E-state index contributed by atoms with van der Waals surface area (Å²) in [5.74, 6) is 0.0695. The second-order valence-corrected chi connectivity index (χ2v) is 5.98. The Labute approximate surface area is 138 Å². The maximum atomic E-state index is 11.2. The van der Waals surface area contributed by atoms with Gasteiger partial charge in [0.25, 0.3) is 0 Å². The van der Waals surface area contributed by atoms with E-state index in [1.54, 1.807) is 10.6 Å². The number of carbonyl (C=O) groups excluding carboxylic acids is 1. The first-order valence-electron chi connectivity index (χ1n) is 7.70. The van der Waals surface area contributed by atoms with E-state index in [1.807, 2.05) is 54.3 Å². The summed E-state index contributed by atoms with van der Waals surface area (Å²) in [5.41, 5.74) is 2.70. The molecule has 4 rings (SSSR count). The minimum Gasteiger partial charge on any atom is -0.494 e. The Morgan fingerprint density at radius 3 is 2.71 bits per heavy atom. The molecule has 0 atom stereocenters. The zero-order valence-electron chi connectivity index (χ0n) is 13.4. The summed E-state index contributed by atoms with van der Waals surface area (Å²) < 4.78 is 3.81. The number of nitrogens with one attached hydrogen (secondary N) is 1. The van der Waals surface area contributed by atoms with Crippen LogP contribution in [-0.2, 0) is 11.8 Å². The van der Waals surface area contributed by atoms with Gasteiger partial charge in [-0.25, -0.2) is 0 Å². The smallest absolute Gasteiger partial charge is 0.221 e. The van der Waals surface area contributed by atoms with E-state index < -0.39 is 0 Å². The Morgan fingerprint density at radius 1 is 1.08 bits per heavy atom. The molecule has 0 aliphatic rings. The summed E-state index contributed by atoms with van der Waals surface area (Å²) in [6.45, 7) is 1.47. The molecule has 0 spiro atoms. The monoisotopic (exact) mass is 319 g/mol. The molecule has 2 N–H and O–H groups in total. The molecule has 0 fully saturated rings. The summed E-state index contributed by atoms with van der Waals surface area (Å²) >= 11 is 0. The lowest BCUT2D eigenvalue weighted by molar-refractivity contribution is -0.114. The summed E-state index contributed by atoms with van der Waals surface area (Å²) in [7, 11) is 2.00. The van der Waals surface area contributed by atoms with E-state index in [-0.39, 0.29) is 11.8 Å². The first-order valence-corrected chi connectivity index (χ1v) is 7.70. The Kier molecular flexibility index (Phi) is 3.09. The van der Waals surface area contributed by atoms with Crippen LogP contribution in [-0.4, -0.2) is 20.1 Å². The van der Waals surface area contributed by atoms with Crippen LogP contribution in [0, 0.1) is 0 Å². The van der Waals surface area contributed by atoms with Crippen molar-refractivity contribution in [2.45, 2.75) is 6.92 Å². The van der Waals surface area contributed by atoms with Gasteiger partial charge in [-0.3, -0.25) is 9.36 Å². The number of benzene rings is 2. The molecule has 0 radical (unpaired) electrons. The van der Waals surface area contributed by atoms with Crippen molar-refractivity contribution in [1.29, 1.82) is 0 Å². The van der Waals surface area contributed by atoms with Gasteiger partial charge in [0.1, 0.15) is 0 Å². The van der Waals surface area contributed by atoms with Crippen LogP contribution in [0.15, 0.2) is 54.9 Å². The van der Waals surface area contributed by atoms with Gasteiger partial charge in [0, 0.05) is 48.3 Å². The zero-order chi connectivity index (χ0) is 16.8. The minimum absolute atomic E-state index is 0.118. The molecule has 2 aromatic carbocycles. The van der Waals surface area contributed by atoms with Crippen molar-refractivity contribution in [3.05, 3.63) is 54.9 Å². The first kappa shape index (κ1) is 14.4. The van der Waals surface area contributed by atoms with Crippen LogP contribution in [0.25, 0.3) is 27.4 Å². The van der Waals surface area contributed by atoms with Gasteiger partial charge in [0.15, 0.2) is 0 Å². The van der Waals surface area contributed by atoms with E-state index in [0.29, 0.717) is 5.69 Å². The van der Waals surface area contributed by atoms with Gasteiger partial charge >= 0.3 is 0 Å². The Bertz CT molecular complexity index is 1090. The first-order chi connectivity index (χ1) is 11.5. The molecule has 0 saturated carbocycles. The van der Waals surface area contributed by atoms with Gasteiger partial charge in [-0.05, 0) is 41.8 Å². The third kappa shape index (κ3) is 2.22. The summed E-state index contributed by atoms with van der Waals surface area (Å²) in [6.07, 6.45) is 3.89. The SMILES string of the molecule is CC(=O)Nc1ccc2c(O)n(-c3ccc4ccn(C)c4c3)cc2c1. The van der Waals surface area contributed by atoms with Crippen molar-refractivity contribution in [2.75, 3.05) is 5.32 Å². The number of hydrogen-bond acceptors (Lipinski definition) is 2. The normalized spacial score (nSPS) is 11.2. The fourth-order valence-electron chi connectivity index (χ4n) is 3.08. The molecule has 120 valence electrons. The highest BCUT2D eigenvalue weighted by Crippen LogP contribution is 2.32. The highest BCUT2D eigenvalue weighted by atomic mass is 16.3. The predicted molar refractivity (Wildman–Crippen MR) is 95.7 cm³/mol. The van der Waals surface area contributed by atoms with Crippen LogP contribution in [0.3, 0.4) is 0 Å². The molecule has 0 saturated heterocycles. The second kappa shape index (κ2) is 5.16. The number of aromatic nitrogens is 2. The summed E-state index contributed by atoms with van der Waals surface area (Å²) in [5, 5.41) is 16.1. The third-order valence-electron chi connectivity index (χ3n) is 4.26. The van der Waals surface area contributed by atoms with Crippen LogP contribution >= 0.6 is 0 Å². The molecule has 0 aliphatic heterocycles. The van der Waals surface area contributed by atoms with E-state index in [2.05, 4.69) is 11.4 Å². The van der Waals surface area contributed by atoms with Gasteiger partial charge in [-0.2, -0.15) is 0 Å². The molecule has 0 bridgehead atoms. The largest absolute Gasteiger partial charge is 0.494 e. The lowest BCUT2D eigenvalue weighted by Crippen LogP contribution is -2.05. The number of hydrogen-bond donors (Lipinski definition) is 2. The van der Waals surface area contributed by atoms with E-state index in [1.165, 1.54) is 6.92 Å². The number of carbonyl (C=O) groups is 1. The molecule has 1 amide bonds. The highest BCUT2D eigenvalue weighted by molar-refractivity contribution is 5.95. The van der Waals surface area contributed by atoms with E-state index in [4.69, 9.17) is 0 Å². The summed E-state index contributed by atoms with van der Waals surface area (Å²) in [6, 6.07) is 13.6. The van der Waals surface area contributed by atoms with Crippen molar-refractivity contribution in [3.63, 3.8) is 0 Å². The van der Waals surface area contributed by atoms with Gasteiger partial charge in [-0.1, -0.05) is 6.07 Å². The van der Waals surface area contributed by atoms with Crippen molar-refractivity contribution >= 4 is 33.3 Å². The third-order valence-corrected chi connectivity index (χ3v) is 4.26. The van der Waals surface area contributed by atoms with E-state index in [9.17, 15) is 9.90 Å². The molecule has 5 nitrogen and oxygen atoms in total. The molecule has 0 unspecified atom stereocenters. The molecule has 5 heteroatoms. The number of aromatic hydroxyl groups is 1. The maximum Gasteiger partial charge on any atom is 0.221 e. The number of anilines is 1. The van der Waals surface area contributed by atoms with Gasteiger partial charge < -0.3 is 15.0 Å². The van der Waals surface area contributed by atoms with Crippen LogP contribution in [0.1, 0.15) is 6.92 Å². The van der Waals surface area contributed by atoms with Gasteiger partial charge in [0.2, 0.25) is 11.8 Å². The second-order valence-electron chi connectivity index (χ2n) is 5.98. The number of rotatable bonds is 2. The van der Waals surface area contributed by atoms with Crippen molar-refractivity contribution in [3.8, 4) is 11.6 Å². The highest BCUT2D eigenvalue weighted by Gasteiger charge is 2.11. The standard InChI is InChI=1S/C19H17N3O2/c1-12(23)20-15-4-6-17-14(9-15)11-22(19(17)24)16-5-3-13-7-8-21(2)18(13)10-16/h3-11,24H,1-2H3,(H,20,23). The Hall–Kier alpha value is -3.21. The number of nitrogens with zero attached hydrogens (tertiary/aromatic N) is 2. The predicted octanol–water partition coefficient (Wildman–Crippen LogP) is 3.79. The average molecular weight is 319 g/mol. The molecule has 24 heavy (non-hydrogen) atoms. The van der Waals surface area contributed by atoms with E-state index >= 15 is 0 Å². The number of amides is 1. The van der Waals surface area contributed by atoms with Crippen molar-refractivity contribution in [1.82, 2.24) is 9.13 Å². The molecule has 4 aromatic rings. The van der Waals surface area contributed by atoms with Crippen LogP contribution in [0.4, 0.5) is 5.69 Å². The topological polar surface area (TPSA) is 59.2 Å². The molecule has 2 heterocycles. The molecule has 0 aliphatic carbocycles. The molecular formula is C19H17N3O2. The number of fused-ring (bicyclic) bond motifs is 2. The maximum absolute atomic E-state index is 11.2. The average Bonchev–Trinajstić information content (AvgIpc) is 3.07. The van der Waals surface area contributed by atoms with Crippen LogP contribution in [0.5, 0.6) is 5.88 Å². The molecule has 2 aromatic heterocycles. The van der Waals surface area contributed by atoms with Crippen LogP contribution in [0.2, 0.25) is 0 Å². The number of aryl methyl sites for hydroxylation is 1. The lowest BCUT2D eigenvalue weighted by Gasteiger charge is -2.06. The molecular weight excluding hydrogens is 302 g/mol. The van der Waals surface area contributed by atoms with Crippen molar-refractivity contribution < 1.29 is 9.90 Å². The van der Waals surface area contributed by atoms with E-state index in [0.717, 1.165) is 27.4 Å². The fourth-order valence-corrected chi connectivity index (χ4v) is 3.08. The Morgan fingerprint density at radius 2 is 1.92 bits per heavy atom. The Balaban J connectivity index is 1.86. The lowest BCUT2D eigenvalue weighted by atomic mass is 10.2. The van der Waals surface area contributed by atoms with Gasteiger partial charge in [-0.15, -0.1) is 0 Å². The minimum atomic E-state index is -0.118. The van der Waals surface area contributed by atoms with Crippen molar-refractivity contribution in [2.24, 2.45) is 7.05 Å². The van der Waals surface area contributed by atoms with Crippen LogP contribution < -0.4 is 5.32 Å². The fraction of sp³-hybridized carbons (Fsp3) is 0.105. The zero-order valence-corrected chi connectivity index (χ0v) is 13.4. The summed E-state index contributed by atoms with van der Waals surface area (Å²) in [4.78, 5) is 11.2. The van der Waals surface area contributed by atoms with Gasteiger partial charge in [0.05, 0.1) is 5.69 Å². The quantitative estimate of drug-likeness (QED) is 0.590.